The number of allylic oxidation sites excluding steroid dienone is 2. The summed E-state index contributed by atoms with van der Waals surface area (Å²) < 4.78 is 0. The topological polar surface area (TPSA) is 63.9 Å². The maximum atomic E-state index is 13.3. The standard InChI is InChI=1S/C61H43NO3/c1-37-38(2)61(41-18-5-3-6-19-41,42-20-7-4-8-21-42)56-55(37)58(63)60(65)57(59(56)64)62(44-33-34-52-49-26-13-12-24-47(49)48-25-14-16-28-51(48)54(52)36-44)43-31-29-39(30-32-43)53-35-40-17-9-10-22-45(40)46-23-11-15-27-50(46)53/h3-36,63-65H,1-2H3. The Morgan fingerprint density at radius 1 is 0.385 bits per heavy atom. The summed E-state index contributed by atoms with van der Waals surface area (Å²) in [6, 6.07) is 71.2. The number of hydrogen-bond donors (Lipinski definition) is 3. The number of nitrogens with zero attached hydrogens (tertiary/aromatic N) is 1. The van der Waals surface area contributed by atoms with E-state index in [-0.39, 0.29) is 17.2 Å². The summed E-state index contributed by atoms with van der Waals surface area (Å²) in [5.74, 6) is -0.800. The van der Waals surface area contributed by atoms with Crippen molar-refractivity contribution in [3.05, 3.63) is 234 Å². The third-order valence-corrected chi connectivity index (χ3v) is 14.1. The molecule has 0 saturated heterocycles. The van der Waals surface area contributed by atoms with Crippen molar-refractivity contribution in [2.24, 2.45) is 0 Å². The summed E-state index contributed by atoms with van der Waals surface area (Å²) in [5.41, 5.74) is 7.22. The number of aromatic hydroxyl groups is 3. The predicted octanol–water partition coefficient (Wildman–Crippen LogP) is 15.8. The summed E-state index contributed by atoms with van der Waals surface area (Å²) >= 11 is 0. The van der Waals surface area contributed by atoms with Crippen LogP contribution in [0.2, 0.25) is 0 Å². The predicted molar refractivity (Wildman–Crippen MR) is 270 cm³/mol. The van der Waals surface area contributed by atoms with Crippen molar-refractivity contribution in [1.29, 1.82) is 0 Å². The molecular weight excluding hydrogens is 795 g/mol. The quantitative estimate of drug-likeness (QED) is 0.0887. The molecule has 11 aromatic carbocycles. The van der Waals surface area contributed by atoms with Crippen molar-refractivity contribution in [2.45, 2.75) is 19.3 Å². The Balaban J connectivity index is 1.15. The van der Waals surface area contributed by atoms with Gasteiger partial charge in [-0.2, -0.15) is 0 Å². The first-order chi connectivity index (χ1) is 31.9. The maximum Gasteiger partial charge on any atom is 0.186 e. The van der Waals surface area contributed by atoms with Crippen LogP contribution < -0.4 is 4.90 Å². The molecule has 0 aliphatic heterocycles. The van der Waals surface area contributed by atoms with Gasteiger partial charge in [0.15, 0.2) is 11.5 Å². The van der Waals surface area contributed by atoms with Crippen LogP contribution in [-0.4, -0.2) is 15.3 Å². The lowest BCUT2D eigenvalue weighted by Crippen LogP contribution is -2.29. The third-order valence-electron chi connectivity index (χ3n) is 14.1. The van der Waals surface area contributed by atoms with Crippen LogP contribution in [0.15, 0.2) is 212 Å². The molecule has 1 aliphatic rings. The molecule has 3 N–H and O–H groups in total. The van der Waals surface area contributed by atoms with E-state index in [1.165, 1.54) is 16.2 Å². The summed E-state index contributed by atoms with van der Waals surface area (Å²) in [5, 5.41) is 49.7. The van der Waals surface area contributed by atoms with Gasteiger partial charge in [-0.1, -0.05) is 181 Å². The van der Waals surface area contributed by atoms with Crippen LogP contribution in [0.3, 0.4) is 0 Å². The fourth-order valence-electron chi connectivity index (χ4n) is 11.1. The van der Waals surface area contributed by atoms with Gasteiger partial charge in [-0.05, 0) is 126 Å². The lowest BCUT2D eigenvalue weighted by molar-refractivity contribution is 0.394. The zero-order valence-electron chi connectivity index (χ0n) is 35.9. The molecule has 65 heavy (non-hydrogen) atoms. The highest BCUT2D eigenvalue weighted by Gasteiger charge is 2.50. The number of benzene rings is 11. The van der Waals surface area contributed by atoms with Gasteiger partial charge in [0, 0.05) is 22.5 Å². The molecule has 0 unspecified atom stereocenters. The first kappa shape index (κ1) is 38.3. The highest BCUT2D eigenvalue weighted by atomic mass is 16.3. The number of hydrogen-bond acceptors (Lipinski definition) is 4. The second-order valence-electron chi connectivity index (χ2n) is 17.3. The van der Waals surface area contributed by atoms with E-state index < -0.39 is 11.2 Å². The number of rotatable bonds is 6. The second-order valence-corrected chi connectivity index (χ2v) is 17.3. The fourth-order valence-corrected chi connectivity index (χ4v) is 11.1. The average molecular weight is 838 g/mol. The molecule has 12 rings (SSSR count). The molecule has 0 bridgehead atoms. The molecule has 0 aromatic heterocycles. The molecule has 0 atom stereocenters. The van der Waals surface area contributed by atoms with Crippen molar-refractivity contribution in [3.8, 4) is 28.4 Å². The van der Waals surface area contributed by atoms with Gasteiger partial charge in [0.05, 0.1) is 5.41 Å². The Labute approximate surface area is 376 Å². The Morgan fingerprint density at radius 2 is 0.846 bits per heavy atom. The molecule has 0 radical (unpaired) electrons. The van der Waals surface area contributed by atoms with E-state index in [9.17, 15) is 15.3 Å². The van der Waals surface area contributed by atoms with E-state index in [0.717, 1.165) is 71.1 Å². The number of phenols is 3. The highest BCUT2D eigenvalue weighted by molar-refractivity contribution is 6.26. The molecule has 1 aliphatic carbocycles. The smallest absolute Gasteiger partial charge is 0.186 e. The number of phenolic OH excluding ortho intramolecular Hbond substituents is 3. The summed E-state index contributed by atoms with van der Waals surface area (Å²) in [6.45, 7) is 4.03. The molecule has 4 heteroatoms. The Kier molecular flexibility index (Phi) is 8.62. The van der Waals surface area contributed by atoms with Crippen molar-refractivity contribution in [3.63, 3.8) is 0 Å². The Hall–Kier alpha value is -8.34. The minimum atomic E-state index is -0.989. The van der Waals surface area contributed by atoms with Crippen LogP contribution in [0.5, 0.6) is 17.2 Å². The Bertz CT molecular complexity index is 3690. The van der Waals surface area contributed by atoms with Crippen LogP contribution in [0, 0.1) is 0 Å². The monoisotopic (exact) mass is 837 g/mol. The van der Waals surface area contributed by atoms with Crippen molar-refractivity contribution in [2.75, 3.05) is 4.90 Å². The molecule has 4 nitrogen and oxygen atoms in total. The van der Waals surface area contributed by atoms with Crippen LogP contribution in [-0.2, 0) is 5.41 Å². The SMILES string of the molecule is CC1=C(C)C(c2ccccc2)(c2ccccc2)c2c(O)c(N(c3ccc(-c4cc5ccccc5c5ccccc45)cc3)c3ccc4c5ccccc5c5ccccc5c4c3)c(O)c(O)c21. The molecule has 0 fully saturated rings. The summed E-state index contributed by atoms with van der Waals surface area (Å²) in [4.78, 5) is 1.90. The maximum absolute atomic E-state index is 13.3. The van der Waals surface area contributed by atoms with Crippen LogP contribution >= 0.6 is 0 Å². The highest BCUT2D eigenvalue weighted by Crippen LogP contribution is 2.64. The molecule has 0 saturated carbocycles. The van der Waals surface area contributed by atoms with E-state index in [4.69, 9.17) is 0 Å². The average Bonchev–Trinajstić information content (AvgIpc) is 3.61. The van der Waals surface area contributed by atoms with Crippen molar-refractivity contribution >= 4 is 76.5 Å². The van der Waals surface area contributed by atoms with Gasteiger partial charge < -0.3 is 20.2 Å². The van der Waals surface area contributed by atoms with Gasteiger partial charge in [-0.3, -0.25) is 0 Å². The van der Waals surface area contributed by atoms with Gasteiger partial charge >= 0.3 is 0 Å². The normalized spacial score (nSPS) is 13.3. The fraction of sp³-hybridized carbons (Fsp3) is 0.0492. The van der Waals surface area contributed by atoms with Gasteiger partial charge in [-0.25, -0.2) is 0 Å². The van der Waals surface area contributed by atoms with Crippen LogP contribution in [0.4, 0.5) is 17.1 Å². The second kappa shape index (κ2) is 14.6. The molecule has 310 valence electrons. The van der Waals surface area contributed by atoms with Crippen LogP contribution in [0.25, 0.3) is 70.6 Å². The molecule has 0 spiro atoms. The summed E-state index contributed by atoms with van der Waals surface area (Å²) in [6.07, 6.45) is 0. The molecule has 0 heterocycles. The van der Waals surface area contributed by atoms with Crippen LogP contribution in [0.1, 0.15) is 36.1 Å². The largest absolute Gasteiger partial charge is 0.505 e. The first-order valence-corrected chi connectivity index (χ1v) is 22.1. The Morgan fingerprint density at radius 3 is 1.43 bits per heavy atom. The van der Waals surface area contributed by atoms with Gasteiger partial charge in [0.2, 0.25) is 0 Å². The van der Waals surface area contributed by atoms with Gasteiger partial charge in [-0.15, -0.1) is 0 Å². The van der Waals surface area contributed by atoms with Crippen molar-refractivity contribution < 1.29 is 15.3 Å². The first-order valence-electron chi connectivity index (χ1n) is 22.1. The lowest BCUT2D eigenvalue weighted by atomic mass is 9.67. The zero-order chi connectivity index (χ0) is 44.0. The van der Waals surface area contributed by atoms with Gasteiger partial charge in [0.1, 0.15) is 11.4 Å². The van der Waals surface area contributed by atoms with E-state index in [2.05, 4.69) is 159 Å². The summed E-state index contributed by atoms with van der Waals surface area (Å²) in [7, 11) is 0. The number of anilines is 3. The lowest BCUT2D eigenvalue weighted by Gasteiger charge is -2.36. The van der Waals surface area contributed by atoms with E-state index in [1.807, 2.05) is 66.4 Å². The minimum Gasteiger partial charge on any atom is -0.505 e. The number of fused-ring (bicyclic) bond motifs is 10. The minimum absolute atomic E-state index is 0.0911. The zero-order valence-corrected chi connectivity index (χ0v) is 35.9. The van der Waals surface area contributed by atoms with E-state index >= 15 is 0 Å². The van der Waals surface area contributed by atoms with Crippen molar-refractivity contribution in [1.82, 2.24) is 0 Å². The van der Waals surface area contributed by atoms with E-state index in [1.54, 1.807) is 0 Å². The third kappa shape index (κ3) is 5.50. The molecular formula is C61H43NO3. The molecule has 11 aromatic rings. The van der Waals surface area contributed by atoms with E-state index in [0.29, 0.717) is 22.5 Å². The van der Waals surface area contributed by atoms with Gasteiger partial charge in [0.25, 0.3) is 0 Å². The molecule has 0 amide bonds.